The van der Waals surface area contributed by atoms with Crippen LogP contribution in [-0.2, 0) is 24.1 Å². The molecule has 5 nitrogen and oxygen atoms in total. The number of piperazine rings is 1. The maximum Gasteiger partial charge on any atom is 0.435 e. The second-order valence-corrected chi connectivity index (χ2v) is 7.44. The van der Waals surface area contributed by atoms with E-state index in [1.54, 1.807) is 11.0 Å². The molecule has 0 N–H and O–H groups in total. The van der Waals surface area contributed by atoms with E-state index in [1.807, 2.05) is 0 Å². The van der Waals surface area contributed by atoms with E-state index in [0.717, 1.165) is 11.6 Å². The van der Waals surface area contributed by atoms with Crippen molar-refractivity contribution in [3.63, 3.8) is 0 Å². The first-order chi connectivity index (χ1) is 13.6. The minimum atomic E-state index is -4.50. The Morgan fingerprint density at radius 3 is 2.45 bits per heavy atom. The molecule has 0 atom stereocenters. The number of carbonyl (C=O) groups excluding carboxylic acids is 1. The van der Waals surface area contributed by atoms with Crippen LogP contribution in [0.3, 0.4) is 0 Å². The van der Waals surface area contributed by atoms with Crippen LogP contribution in [0.5, 0.6) is 0 Å². The van der Waals surface area contributed by atoms with Crippen LogP contribution in [0.2, 0.25) is 5.02 Å². The summed E-state index contributed by atoms with van der Waals surface area (Å²) in [5, 5.41) is 3.92. The van der Waals surface area contributed by atoms with Crippen molar-refractivity contribution in [3.8, 4) is 0 Å². The molecule has 3 rings (SSSR count). The molecule has 1 aromatic carbocycles. The predicted molar refractivity (Wildman–Crippen MR) is 99.9 cm³/mol. The largest absolute Gasteiger partial charge is 0.435 e. The summed E-state index contributed by atoms with van der Waals surface area (Å²) in [5.74, 6) is -0.503. The Balaban J connectivity index is 1.48. The van der Waals surface area contributed by atoms with Gasteiger partial charge in [0.05, 0.1) is 0 Å². The lowest BCUT2D eigenvalue weighted by Crippen LogP contribution is -2.48. The van der Waals surface area contributed by atoms with Crippen molar-refractivity contribution >= 4 is 17.5 Å². The number of hydrogen-bond acceptors (Lipinski definition) is 3. The van der Waals surface area contributed by atoms with E-state index in [-0.39, 0.29) is 24.7 Å². The molecule has 1 fully saturated rings. The third kappa shape index (κ3) is 5.48. The highest BCUT2D eigenvalue weighted by Crippen LogP contribution is 2.28. The number of aryl methyl sites for hydroxylation is 2. The summed E-state index contributed by atoms with van der Waals surface area (Å²) < 4.78 is 52.5. The Morgan fingerprint density at radius 1 is 1.17 bits per heavy atom. The van der Waals surface area contributed by atoms with Gasteiger partial charge in [-0.25, -0.2) is 4.39 Å². The van der Waals surface area contributed by atoms with E-state index in [2.05, 4.69) is 10.00 Å². The van der Waals surface area contributed by atoms with Crippen molar-refractivity contribution in [2.24, 2.45) is 0 Å². The van der Waals surface area contributed by atoms with Gasteiger partial charge in [0.1, 0.15) is 5.82 Å². The normalized spacial score (nSPS) is 15.7. The molecule has 1 saturated heterocycles. The minimum absolute atomic E-state index is 0.0869. The topological polar surface area (TPSA) is 41.4 Å². The summed E-state index contributed by atoms with van der Waals surface area (Å²) in [5.41, 5.74) is 0.240. The fraction of sp³-hybridized carbons (Fsp3) is 0.474. The summed E-state index contributed by atoms with van der Waals surface area (Å²) in [6.07, 6.45) is -4.41. The van der Waals surface area contributed by atoms with Gasteiger partial charge in [-0.15, -0.1) is 0 Å². The number of rotatable bonds is 5. The van der Waals surface area contributed by atoms with Crippen LogP contribution in [0.4, 0.5) is 17.6 Å². The quantitative estimate of drug-likeness (QED) is 0.676. The third-order valence-corrected chi connectivity index (χ3v) is 5.30. The summed E-state index contributed by atoms with van der Waals surface area (Å²) in [7, 11) is 0. The molecule has 29 heavy (non-hydrogen) atoms. The van der Waals surface area contributed by atoms with Crippen molar-refractivity contribution in [2.75, 3.05) is 26.2 Å². The number of alkyl halides is 3. The fourth-order valence-corrected chi connectivity index (χ4v) is 3.51. The Hall–Kier alpha value is -2.13. The number of hydrogen-bond donors (Lipinski definition) is 0. The average molecular weight is 433 g/mol. The second-order valence-electron chi connectivity index (χ2n) is 7.03. The molecule has 0 saturated carbocycles. The van der Waals surface area contributed by atoms with Crippen LogP contribution >= 0.6 is 11.6 Å². The number of benzene rings is 1. The van der Waals surface area contributed by atoms with Gasteiger partial charge in [-0.1, -0.05) is 17.7 Å². The minimum Gasteiger partial charge on any atom is -0.340 e. The zero-order valence-corrected chi connectivity index (χ0v) is 16.6. The molecular weight excluding hydrogens is 412 g/mol. The van der Waals surface area contributed by atoms with E-state index in [1.165, 1.54) is 23.7 Å². The van der Waals surface area contributed by atoms with Crippen molar-refractivity contribution in [2.45, 2.75) is 32.6 Å². The first kappa shape index (κ1) is 21.6. The molecule has 158 valence electrons. The van der Waals surface area contributed by atoms with Gasteiger partial charge in [0, 0.05) is 56.4 Å². The van der Waals surface area contributed by atoms with Gasteiger partial charge in [-0.2, -0.15) is 18.3 Å². The van der Waals surface area contributed by atoms with E-state index in [9.17, 15) is 22.4 Å². The molecule has 10 heteroatoms. The maximum absolute atomic E-state index is 13.1. The lowest BCUT2D eigenvalue weighted by Gasteiger charge is -2.35. The van der Waals surface area contributed by atoms with Gasteiger partial charge < -0.3 is 4.90 Å². The van der Waals surface area contributed by atoms with Crippen LogP contribution in [0.25, 0.3) is 0 Å². The van der Waals surface area contributed by atoms with Crippen LogP contribution in [0, 0.1) is 12.7 Å². The number of halogens is 5. The summed E-state index contributed by atoms with van der Waals surface area (Å²) >= 11 is 6.06. The fourth-order valence-electron chi connectivity index (χ4n) is 3.28. The Bertz CT molecular complexity index is 876. The highest BCUT2D eigenvalue weighted by atomic mass is 35.5. The molecule has 2 aromatic rings. The first-order valence-corrected chi connectivity index (χ1v) is 9.57. The third-order valence-electron chi connectivity index (χ3n) is 4.94. The highest BCUT2D eigenvalue weighted by molar-refractivity contribution is 6.31. The summed E-state index contributed by atoms with van der Waals surface area (Å²) in [4.78, 5) is 16.2. The Labute approximate surface area is 170 Å². The van der Waals surface area contributed by atoms with Crippen molar-refractivity contribution < 1.29 is 22.4 Å². The maximum atomic E-state index is 13.1. The van der Waals surface area contributed by atoms with Crippen molar-refractivity contribution in [1.29, 1.82) is 0 Å². The smallest absolute Gasteiger partial charge is 0.340 e. The second kappa shape index (κ2) is 8.71. The molecule has 1 aliphatic rings. The summed E-state index contributed by atoms with van der Waals surface area (Å²) in [6.45, 7) is 4.51. The standard InChI is InChI=1S/C19H21ClF4N4O/c1-13-10-17(19(22,23)24)25-28(13)5-4-18(29)27-8-6-26(7-9-27)12-14-2-3-15(21)11-16(14)20/h2-3,10-11H,4-9,12H2,1H3. The van der Waals surface area contributed by atoms with Crippen LogP contribution in [0.15, 0.2) is 24.3 Å². The van der Waals surface area contributed by atoms with Gasteiger partial charge in [0.2, 0.25) is 5.91 Å². The highest BCUT2D eigenvalue weighted by Gasteiger charge is 2.34. The van der Waals surface area contributed by atoms with Gasteiger partial charge in [0.15, 0.2) is 5.69 Å². The molecular formula is C19H21ClF4N4O. The molecule has 1 aliphatic heterocycles. The predicted octanol–water partition coefficient (Wildman–Crippen LogP) is 3.74. The number of nitrogens with zero attached hydrogens (tertiary/aromatic N) is 4. The average Bonchev–Trinajstić information content (AvgIpc) is 3.04. The van der Waals surface area contributed by atoms with Crippen molar-refractivity contribution in [1.82, 2.24) is 19.6 Å². The first-order valence-electron chi connectivity index (χ1n) is 9.19. The molecule has 1 aromatic heterocycles. The Morgan fingerprint density at radius 2 is 1.86 bits per heavy atom. The number of carbonyl (C=O) groups is 1. The van der Waals surface area contributed by atoms with E-state index in [0.29, 0.717) is 43.4 Å². The molecule has 0 unspecified atom stereocenters. The zero-order chi connectivity index (χ0) is 21.2. The van der Waals surface area contributed by atoms with Crippen molar-refractivity contribution in [3.05, 3.63) is 52.1 Å². The lowest BCUT2D eigenvalue weighted by molar-refractivity contribution is -0.141. The summed E-state index contributed by atoms with van der Waals surface area (Å²) in [6, 6.07) is 5.27. The SMILES string of the molecule is Cc1cc(C(F)(F)F)nn1CCC(=O)N1CCN(Cc2ccc(F)cc2Cl)CC1. The molecule has 1 amide bonds. The number of aromatic nitrogens is 2. The lowest BCUT2D eigenvalue weighted by atomic mass is 10.2. The van der Waals surface area contributed by atoms with Gasteiger partial charge in [-0.3, -0.25) is 14.4 Å². The van der Waals surface area contributed by atoms with Crippen LogP contribution < -0.4 is 0 Å². The molecule has 0 radical (unpaired) electrons. The van der Waals surface area contributed by atoms with Crippen LogP contribution in [-0.4, -0.2) is 51.7 Å². The monoisotopic (exact) mass is 432 g/mol. The molecule has 2 heterocycles. The van der Waals surface area contributed by atoms with E-state index < -0.39 is 11.9 Å². The Kier molecular flexibility index (Phi) is 6.48. The van der Waals surface area contributed by atoms with E-state index in [4.69, 9.17) is 11.6 Å². The van der Waals surface area contributed by atoms with Crippen LogP contribution in [0.1, 0.15) is 23.4 Å². The molecule has 0 bridgehead atoms. The van der Waals surface area contributed by atoms with Gasteiger partial charge >= 0.3 is 6.18 Å². The zero-order valence-electron chi connectivity index (χ0n) is 15.8. The van der Waals surface area contributed by atoms with Gasteiger partial charge in [0.25, 0.3) is 0 Å². The van der Waals surface area contributed by atoms with E-state index >= 15 is 0 Å². The van der Waals surface area contributed by atoms with Gasteiger partial charge in [-0.05, 0) is 30.7 Å². The molecule has 0 spiro atoms. The molecule has 0 aliphatic carbocycles. The number of amides is 1.